The van der Waals surface area contributed by atoms with Crippen LogP contribution in [0, 0.1) is 6.92 Å². The van der Waals surface area contributed by atoms with Crippen LogP contribution in [0.4, 0.5) is 0 Å². The summed E-state index contributed by atoms with van der Waals surface area (Å²) in [5.41, 5.74) is 1.67. The van der Waals surface area contributed by atoms with Crippen LogP contribution in [-0.2, 0) is 11.2 Å². The predicted molar refractivity (Wildman–Crippen MR) is 78.9 cm³/mol. The van der Waals surface area contributed by atoms with Crippen molar-refractivity contribution in [2.45, 2.75) is 19.4 Å². The van der Waals surface area contributed by atoms with Gasteiger partial charge in [0, 0.05) is 18.3 Å². The number of carbonyl (C=O) groups is 2. The number of H-pyrrole nitrogens is 1. The van der Waals surface area contributed by atoms with Gasteiger partial charge in [-0.05, 0) is 18.6 Å². The second kappa shape index (κ2) is 6.75. The van der Waals surface area contributed by atoms with Gasteiger partial charge in [0.2, 0.25) is 0 Å². The Labute approximate surface area is 127 Å². The summed E-state index contributed by atoms with van der Waals surface area (Å²) < 4.78 is 5.17. The van der Waals surface area contributed by atoms with Gasteiger partial charge >= 0.3 is 5.97 Å². The van der Waals surface area contributed by atoms with Gasteiger partial charge in [0.05, 0.1) is 19.0 Å². The molecule has 0 spiro atoms. The Morgan fingerprint density at radius 3 is 2.82 bits per heavy atom. The number of aliphatic carboxylic acids is 1. The fourth-order valence-electron chi connectivity index (χ4n) is 2.15. The molecule has 0 saturated carbocycles. The van der Waals surface area contributed by atoms with Gasteiger partial charge in [0.25, 0.3) is 5.91 Å². The standard InChI is InChI=1S/C15H17N3O4/c1-9-4-3-5-12(22-2)13(9)14(19)18-11(15(20)21)6-10-7-16-8-17-10/h3-5,7-8,11H,6H2,1-2H3,(H,16,17)(H,18,19)(H,20,21)/t11-/m0/s1. The van der Waals surface area contributed by atoms with Crippen LogP contribution in [0.1, 0.15) is 21.6 Å². The molecule has 0 aliphatic rings. The number of nitrogens with zero attached hydrogens (tertiary/aromatic N) is 1. The van der Waals surface area contributed by atoms with Crippen molar-refractivity contribution in [2.75, 3.05) is 7.11 Å². The molecule has 2 aromatic rings. The van der Waals surface area contributed by atoms with E-state index in [1.165, 1.54) is 19.6 Å². The molecule has 22 heavy (non-hydrogen) atoms. The number of carbonyl (C=O) groups excluding carboxylic acids is 1. The van der Waals surface area contributed by atoms with E-state index in [0.717, 1.165) is 0 Å². The number of imidazole rings is 1. The molecule has 0 unspecified atom stereocenters. The van der Waals surface area contributed by atoms with Crippen molar-refractivity contribution in [1.82, 2.24) is 15.3 Å². The fraction of sp³-hybridized carbons (Fsp3) is 0.267. The molecule has 0 bridgehead atoms. The average molecular weight is 303 g/mol. The highest BCUT2D eigenvalue weighted by atomic mass is 16.5. The maximum atomic E-state index is 12.4. The molecule has 0 saturated heterocycles. The summed E-state index contributed by atoms with van der Waals surface area (Å²) in [6.07, 6.45) is 3.10. The summed E-state index contributed by atoms with van der Waals surface area (Å²) >= 11 is 0. The molecule has 1 heterocycles. The number of aryl methyl sites for hydroxylation is 1. The number of carboxylic acid groups (broad SMARTS) is 1. The number of ether oxygens (including phenoxy) is 1. The summed E-state index contributed by atoms with van der Waals surface area (Å²) in [5, 5.41) is 11.8. The maximum Gasteiger partial charge on any atom is 0.326 e. The molecule has 1 amide bonds. The van der Waals surface area contributed by atoms with Crippen molar-refractivity contribution in [2.24, 2.45) is 0 Å². The smallest absolute Gasteiger partial charge is 0.326 e. The van der Waals surface area contributed by atoms with E-state index in [0.29, 0.717) is 22.6 Å². The molecule has 0 fully saturated rings. The molecule has 0 radical (unpaired) electrons. The summed E-state index contributed by atoms with van der Waals surface area (Å²) in [6.45, 7) is 1.77. The SMILES string of the molecule is COc1cccc(C)c1C(=O)N[C@@H](Cc1cnc[nH]1)C(=O)O. The highest BCUT2D eigenvalue weighted by Gasteiger charge is 2.24. The van der Waals surface area contributed by atoms with E-state index in [9.17, 15) is 14.7 Å². The van der Waals surface area contributed by atoms with E-state index >= 15 is 0 Å². The number of rotatable bonds is 6. The lowest BCUT2D eigenvalue weighted by Crippen LogP contribution is -2.42. The van der Waals surface area contributed by atoms with Gasteiger partial charge in [-0.3, -0.25) is 4.79 Å². The number of benzene rings is 1. The van der Waals surface area contributed by atoms with Crippen LogP contribution >= 0.6 is 0 Å². The van der Waals surface area contributed by atoms with Crippen molar-refractivity contribution >= 4 is 11.9 Å². The molecule has 116 valence electrons. The lowest BCUT2D eigenvalue weighted by molar-refractivity contribution is -0.139. The number of hydrogen-bond donors (Lipinski definition) is 3. The van der Waals surface area contributed by atoms with Gasteiger partial charge < -0.3 is 20.1 Å². The van der Waals surface area contributed by atoms with E-state index in [1.54, 1.807) is 25.1 Å². The number of amides is 1. The first-order valence-electron chi connectivity index (χ1n) is 6.67. The minimum Gasteiger partial charge on any atom is -0.496 e. The zero-order chi connectivity index (χ0) is 16.1. The Morgan fingerprint density at radius 1 is 1.45 bits per heavy atom. The van der Waals surface area contributed by atoms with Crippen LogP contribution in [0.25, 0.3) is 0 Å². The van der Waals surface area contributed by atoms with Gasteiger partial charge in [-0.1, -0.05) is 12.1 Å². The topological polar surface area (TPSA) is 104 Å². The van der Waals surface area contributed by atoms with Crippen LogP contribution < -0.4 is 10.1 Å². The molecule has 1 aromatic heterocycles. The van der Waals surface area contributed by atoms with Gasteiger partial charge in [0.1, 0.15) is 11.8 Å². The van der Waals surface area contributed by atoms with Crippen LogP contribution in [-0.4, -0.2) is 40.1 Å². The van der Waals surface area contributed by atoms with E-state index < -0.39 is 17.9 Å². The van der Waals surface area contributed by atoms with E-state index in [1.807, 2.05) is 0 Å². The molecule has 3 N–H and O–H groups in total. The Hall–Kier alpha value is -2.83. The number of aromatic nitrogens is 2. The Morgan fingerprint density at radius 2 is 2.23 bits per heavy atom. The number of aromatic amines is 1. The Bertz CT molecular complexity index is 667. The molecular weight excluding hydrogens is 286 g/mol. The summed E-state index contributed by atoms with van der Waals surface area (Å²) in [5.74, 6) is -1.19. The van der Waals surface area contributed by atoms with Crippen LogP contribution in [0.3, 0.4) is 0 Å². The molecule has 2 rings (SSSR count). The van der Waals surface area contributed by atoms with E-state index in [2.05, 4.69) is 15.3 Å². The molecule has 0 aliphatic carbocycles. The Balaban J connectivity index is 2.20. The quantitative estimate of drug-likeness (QED) is 0.742. The third-order valence-electron chi connectivity index (χ3n) is 3.26. The first kappa shape index (κ1) is 15.6. The van der Waals surface area contributed by atoms with Crippen molar-refractivity contribution < 1.29 is 19.4 Å². The zero-order valence-electron chi connectivity index (χ0n) is 12.3. The molecular formula is C15H17N3O4. The first-order valence-corrected chi connectivity index (χ1v) is 6.67. The van der Waals surface area contributed by atoms with E-state index in [-0.39, 0.29) is 6.42 Å². The minimum absolute atomic E-state index is 0.120. The maximum absolute atomic E-state index is 12.4. The van der Waals surface area contributed by atoms with Gasteiger partial charge in [-0.15, -0.1) is 0 Å². The second-order valence-corrected chi connectivity index (χ2v) is 4.80. The lowest BCUT2D eigenvalue weighted by Gasteiger charge is -2.16. The number of carboxylic acids is 1. The monoisotopic (exact) mass is 303 g/mol. The summed E-state index contributed by atoms with van der Waals surface area (Å²) in [6, 6.07) is 4.14. The van der Waals surface area contributed by atoms with Gasteiger partial charge in [-0.25, -0.2) is 9.78 Å². The van der Waals surface area contributed by atoms with Crippen molar-refractivity contribution in [3.05, 3.63) is 47.5 Å². The number of hydrogen-bond acceptors (Lipinski definition) is 4. The van der Waals surface area contributed by atoms with Crippen LogP contribution in [0.5, 0.6) is 5.75 Å². The molecule has 7 nitrogen and oxygen atoms in total. The predicted octanol–water partition coefficient (Wildman–Crippen LogP) is 1.15. The first-order chi connectivity index (χ1) is 10.5. The highest BCUT2D eigenvalue weighted by molar-refractivity contribution is 6.00. The van der Waals surface area contributed by atoms with E-state index in [4.69, 9.17) is 4.74 Å². The molecule has 0 aliphatic heterocycles. The third-order valence-corrected chi connectivity index (χ3v) is 3.26. The molecule has 7 heteroatoms. The normalized spacial score (nSPS) is 11.7. The van der Waals surface area contributed by atoms with Crippen LogP contribution in [0.15, 0.2) is 30.7 Å². The van der Waals surface area contributed by atoms with Gasteiger partial charge in [-0.2, -0.15) is 0 Å². The zero-order valence-corrected chi connectivity index (χ0v) is 12.3. The highest BCUT2D eigenvalue weighted by Crippen LogP contribution is 2.21. The van der Waals surface area contributed by atoms with Gasteiger partial charge in [0.15, 0.2) is 0 Å². The minimum atomic E-state index is -1.12. The summed E-state index contributed by atoms with van der Waals surface area (Å²) in [4.78, 5) is 30.4. The van der Waals surface area contributed by atoms with Crippen molar-refractivity contribution in [1.29, 1.82) is 0 Å². The third kappa shape index (κ3) is 3.43. The lowest BCUT2D eigenvalue weighted by atomic mass is 10.1. The fourth-order valence-corrected chi connectivity index (χ4v) is 2.15. The summed E-state index contributed by atoms with van der Waals surface area (Å²) in [7, 11) is 1.46. The van der Waals surface area contributed by atoms with Crippen molar-refractivity contribution in [3.8, 4) is 5.75 Å². The molecule has 1 aromatic carbocycles. The van der Waals surface area contributed by atoms with Crippen LogP contribution in [0.2, 0.25) is 0 Å². The Kier molecular flexibility index (Phi) is 4.77. The number of nitrogens with one attached hydrogen (secondary N) is 2. The molecule has 1 atom stereocenters. The number of methoxy groups -OCH3 is 1. The second-order valence-electron chi connectivity index (χ2n) is 4.80. The average Bonchev–Trinajstić information content (AvgIpc) is 2.98. The largest absolute Gasteiger partial charge is 0.496 e. The van der Waals surface area contributed by atoms with Crippen molar-refractivity contribution in [3.63, 3.8) is 0 Å².